The Bertz CT molecular complexity index is 1070. The molecule has 1 saturated heterocycles. The third-order valence-electron chi connectivity index (χ3n) is 6.97. The van der Waals surface area contributed by atoms with Gasteiger partial charge < -0.3 is 10.2 Å². The summed E-state index contributed by atoms with van der Waals surface area (Å²) in [4.78, 5) is 15.8. The van der Waals surface area contributed by atoms with E-state index in [1.807, 2.05) is 0 Å². The topological polar surface area (TPSA) is 33.5 Å². The molecule has 0 saturated carbocycles. The highest BCUT2D eigenvalue weighted by molar-refractivity contribution is 7.16. The quantitative estimate of drug-likeness (QED) is 0.564. The van der Waals surface area contributed by atoms with Gasteiger partial charge in [0.25, 0.3) is 5.91 Å². The van der Waals surface area contributed by atoms with Gasteiger partial charge in [0.05, 0.1) is 13.1 Å². The Morgan fingerprint density at radius 1 is 1.03 bits per heavy atom. The van der Waals surface area contributed by atoms with E-state index in [2.05, 4.69) is 35.6 Å². The van der Waals surface area contributed by atoms with E-state index in [1.165, 1.54) is 72.5 Å². The summed E-state index contributed by atoms with van der Waals surface area (Å²) in [5.41, 5.74) is 4.76. The second kappa shape index (κ2) is 9.55. The lowest BCUT2D eigenvalue weighted by Gasteiger charge is -2.29. The van der Waals surface area contributed by atoms with E-state index >= 15 is 0 Å². The highest BCUT2D eigenvalue weighted by Crippen LogP contribution is 2.39. The third kappa shape index (κ3) is 4.79. The zero-order valence-corrected chi connectivity index (χ0v) is 19.1. The molecular weight excluding hydrogens is 419 g/mol. The molecule has 2 heterocycles. The normalized spacial score (nSPS) is 20.2. The minimum absolute atomic E-state index is 0.150. The molecule has 2 aromatic carbocycles. The van der Waals surface area contributed by atoms with Crippen molar-refractivity contribution >= 4 is 22.2 Å². The van der Waals surface area contributed by atoms with Gasteiger partial charge in [-0.25, -0.2) is 4.39 Å². The van der Waals surface area contributed by atoms with Gasteiger partial charge in [-0.15, -0.1) is 11.3 Å². The van der Waals surface area contributed by atoms with Gasteiger partial charge >= 0.3 is 0 Å². The average Bonchev–Trinajstić information content (AvgIpc) is 3.39. The smallest absolute Gasteiger partial charge is 0.256 e. The molecular formula is C27H30FN2OS+. The maximum Gasteiger partial charge on any atom is 0.256 e. The number of carbonyl (C=O) groups is 1. The summed E-state index contributed by atoms with van der Waals surface area (Å²) in [6.45, 7) is 3.36. The van der Waals surface area contributed by atoms with Gasteiger partial charge in [-0.2, -0.15) is 0 Å². The highest BCUT2D eigenvalue weighted by Gasteiger charge is 2.28. The van der Waals surface area contributed by atoms with Gasteiger partial charge in [0.15, 0.2) is 0 Å². The number of carbonyl (C=O) groups excluding carboxylic acids is 1. The van der Waals surface area contributed by atoms with Crippen LogP contribution in [-0.2, 0) is 25.8 Å². The van der Waals surface area contributed by atoms with E-state index in [9.17, 15) is 9.18 Å². The van der Waals surface area contributed by atoms with Crippen molar-refractivity contribution in [2.24, 2.45) is 5.92 Å². The first kappa shape index (κ1) is 21.4. The number of hydrogen-bond donors (Lipinski definition) is 2. The molecule has 1 amide bonds. The lowest BCUT2D eigenvalue weighted by Crippen LogP contribution is -3.11. The van der Waals surface area contributed by atoms with Crippen molar-refractivity contribution in [3.63, 3.8) is 0 Å². The van der Waals surface area contributed by atoms with Crippen LogP contribution in [0, 0.1) is 11.7 Å². The zero-order valence-electron chi connectivity index (χ0n) is 18.3. The van der Waals surface area contributed by atoms with E-state index in [1.54, 1.807) is 28.4 Å². The number of halogens is 1. The van der Waals surface area contributed by atoms with Crippen LogP contribution in [-0.4, -0.2) is 19.0 Å². The van der Waals surface area contributed by atoms with Crippen LogP contribution in [0.15, 0.2) is 54.6 Å². The van der Waals surface area contributed by atoms with Crippen LogP contribution < -0.4 is 10.2 Å². The minimum atomic E-state index is -0.323. The Morgan fingerprint density at radius 2 is 1.78 bits per heavy atom. The number of thiophene rings is 1. The first-order valence-electron chi connectivity index (χ1n) is 11.7. The summed E-state index contributed by atoms with van der Waals surface area (Å²) in [5.74, 6) is 0.298. The van der Waals surface area contributed by atoms with Crippen LogP contribution in [0.1, 0.15) is 51.2 Å². The summed E-state index contributed by atoms with van der Waals surface area (Å²) >= 11 is 1.75. The van der Waals surface area contributed by atoms with Gasteiger partial charge in [0, 0.05) is 16.0 Å². The van der Waals surface area contributed by atoms with Gasteiger partial charge in [0.2, 0.25) is 0 Å². The Balaban J connectivity index is 1.25. The first-order valence-corrected chi connectivity index (χ1v) is 12.5. The summed E-state index contributed by atoms with van der Waals surface area (Å²) in [7, 11) is 0. The van der Waals surface area contributed by atoms with E-state index in [0.29, 0.717) is 5.56 Å². The number of anilines is 1. The molecule has 0 unspecified atom stereocenters. The van der Waals surface area contributed by atoms with Crippen molar-refractivity contribution in [1.82, 2.24) is 0 Å². The largest absolute Gasteiger partial charge is 0.331 e. The average molecular weight is 450 g/mol. The van der Waals surface area contributed by atoms with E-state index in [-0.39, 0.29) is 11.7 Å². The Labute approximate surface area is 193 Å². The van der Waals surface area contributed by atoms with Gasteiger partial charge in [0.1, 0.15) is 17.4 Å². The molecule has 0 atom stereocenters. The SMILES string of the molecule is O=C(Nc1sc2c(c1C[NH+]1CCC(Cc3ccccc3)CC1)CCC2)c1ccc(F)cc1. The van der Waals surface area contributed by atoms with Crippen molar-refractivity contribution in [2.75, 3.05) is 18.4 Å². The lowest BCUT2D eigenvalue weighted by molar-refractivity contribution is -0.919. The molecule has 1 fully saturated rings. The van der Waals surface area contributed by atoms with Crippen LogP contribution in [0.4, 0.5) is 9.39 Å². The monoisotopic (exact) mass is 449 g/mol. The van der Waals surface area contributed by atoms with E-state index < -0.39 is 0 Å². The third-order valence-corrected chi connectivity index (χ3v) is 8.22. The number of hydrogen-bond acceptors (Lipinski definition) is 2. The number of nitrogens with one attached hydrogen (secondary N) is 2. The van der Waals surface area contributed by atoms with Gasteiger partial charge in [-0.05, 0) is 79.8 Å². The molecule has 2 N–H and O–H groups in total. The van der Waals surface area contributed by atoms with Crippen molar-refractivity contribution in [3.8, 4) is 0 Å². The fourth-order valence-corrected chi connectivity index (χ4v) is 6.50. The van der Waals surface area contributed by atoms with Gasteiger partial charge in [-0.3, -0.25) is 4.79 Å². The molecule has 32 heavy (non-hydrogen) atoms. The van der Waals surface area contributed by atoms with Crippen LogP contribution in [0.25, 0.3) is 0 Å². The summed E-state index contributed by atoms with van der Waals surface area (Å²) in [6.07, 6.45) is 7.16. The van der Waals surface area contributed by atoms with Crippen molar-refractivity contribution in [3.05, 3.63) is 87.5 Å². The molecule has 3 nitrogen and oxygen atoms in total. The number of amides is 1. The van der Waals surface area contributed by atoms with E-state index in [4.69, 9.17) is 0 Å². The molecule has 1 aliphatic heterocycles. The molecule has 1 aliphatic carbocycles. The standard InChI is InChI=1S/C27H29FN2OS/c28-22-11-9-21(10-12-22)26(31)29-27-24(23-7-4-8-25(23)32-27)18-30-15-13-20(14-16-30)17-19-5-2-1-3-6-19/h1-3,5-6,9-12,20H,4,7-8,13-18H2,(H,29,31)/p+1. The fourth-order valence-electron chi connectivity index (χ4n) is 5.20. The lowest BCUT2D eigenvalue weighted by atomic mass is 9.90. The Hall–Kier alpha value is -2.50. The highest BCUT2D eigenvalue weighted by atomic mass is 32.1. The number of aryl methyl sites for hydroxylation is 1. The molecule has 5 heteroatoms. The maximum absolute atomic E-state index is 13.2. The Morgan fingerprint density at radius 3 is 2.53 bits per heavy atom. The van der Waals surface area contributed by atoms with Gasteiger partial charge in [-0.1, -0.05) is 30.3 Å². The van der Waals surface area contributed by atoms with Crippen molar-refractivity contribution < 1.29 is 14.1 Å². The van der Waals surface area contributed by atoms with Crippen LogP contribution >= 0.6 is 11.3 Å². The molecule has 2 aliphatic rings. The first-order chi connectivity index (χ1) is 15.7. The number of fused-ring (bicyclic) bond motifs is 1. The number of piperidine rings is 1. The molecule has 0 radical (unpaired) electrons. The molecule has 0 spiro atoms. The molecule has 5 rings (SSSR count). The Kier molecular flexibility index (Phi) is 6.37. The second-order valence-electron chi connectivity index (χ2n) is 9.19. The number of likely N-dealkylation sites (tertiary alicyclic amines) is 1. The molecule has 1 aromatic heterocycles. The summed E-state index contributed by atoms with van der Waals surface area (Å²) < 4.78 is 13.2. The summed E-state index contributed by atoms with van der Waals surface area (Å²) in [6, 6.07) is 16.6. The van der Waals surface area contributed by atoms with Crippen molar-refractivity contribution in [1.29, 1.82) is 0 Å². The predicted molar refractivity (Wildman–Crippen MR) is 128 cm³/mol. The maximum atomic E-state index is 13.2. The van der Waals surface area contributed by atoms with Crippen LogP contribution in [0.2, 0.25) is 0 Å². The fraction of sp³-hybridized carbons (Fsp3) is 0.370. The second-order valence-corrected chi connectivity index (χ2v) is 10.3. The minimum Gasteiger partial charge on any atom is -0.331 e. The van der Waals surface area contributed by atoms with Crippen molar-refractivity contribution in [2.45, 2.75) is 45.1 Å². The number of rotatable bonds is 6. The van der Waals surface area contributed by atoms with Crippen LogP contribution in [0.5, 0.6) is 0 Å². The number of quaternary nitrogens is 1. The van der Waals surface area contributed by atoms with Crippen LogP contribution in [0.3, 0.4) is 0 Å². The molecule has 3 aromatic rings. The summed E-state index contributed by atoms with van der Waals surface area (Å²) in [5, 5.41) is 4.15. The number of benzene rings is 2. The zero-order chi connectivity index (χ0) is 21.9. The predicted octanol–water partition coefficient (Wildman–Crippen LogP) is 4.67. The molecule has 166 valence electrons. The molecule has 0 bridgehead atoms. The van der Waals surface area contributed by atoms with E-state index in [0.717, 1.165) is 30.3 Å².